The Bertz CT molecular complexity index is 1550. The van der Waals surface area contributed by atoms with E-state index in [0.717, 1.165) is 0 Å². The molecule has 3 atom stereocenters. The van der Waals surface area contributed by atoms with Crippen LogP contribution in [0, 0.1) is 11.8 Å². The van der Waals surface area contributed by atoms with Crippen molar-refractivity contribution in [1.82, 2.24) is 0 Å². The third-order valence-corrected chi connectivity index (χ3v) is 8.31. The highest BCUT2D eigenvalue weighted by Gasteiger charge is 2.60. The Morgan fingerprint density at radius 1 is 1.07 bits per heavy atom. The number of ether oxygens (including phenoxy) is 2. The fraction of sp³-hybridized carbons (Fsp3) is 0.345. The number of aliphatic hydroxyl groups excluding tert-OH is 2. The first-order chi connectivity index (χ1) is 19.8. The highest BCUT2D eigenvalue weighted by atomic mass is 127. The summed E-state index contributed by atoms with van der Waals surface area (Å²) in [6.07, 6.45) is 2.23. The zero-order chi connectivity index (χ0) is 31.1. The van der Waals surface area contributed by atoms with Crippen molar-refractivity contribution in [3.8, 4) is 5.75 Å². The summed E-state index contributed by atoms with van der Waals surface area (Å²) in [7, 11) is 0. The number of esters is 2. The maximum absolute atomic E-state index is 13.7. The van der Waals surface area contributed by atoms with E-state index in [1.54, 1.807) is 36.4 Å². The molecule has 1 aromatic rings. The minimum atomic E-state index is -2.67. The van der Waals surface area contributed by atoms with Gasteiger partial charge in [0, 0.05) is 17.9 Å². The summed E-state index contributed by atoms with van der Waals surface area (Å²) in [5.74, 6) is -8.75. The smallest absolute Gasteiger partial charge is 0.344 e. The first kappa shape index (κ1) is 31.0. The maximum atomic E-state index is 13.7. The van der Waals surface area contributed by atoms with Crippen molar-refractivity contribution >= 4 is 63.8 Å². The molecule has 0 aliphatic heterocycles. The number of halogens is 1. The van der Waals surface area contributed by atoms with Crippen LogP contribution >= 0.6 is 22.6 Å². The monoisotopic (exact) mass is 693 g/mol. The number of phenols is 1. The number of nitrogens with two attached hydrogens (primary N) is 1. The SMILES string of the molecule is CCOC(=O)/C(I)=C/C(=C/c1ccc(O)c2c1C[C@H]1C[C@H]3CC(=O)C(C(N)=O)=C(O)[C@@]3(O)C(=O)C1=C2O)C(=O)OCC. The molecule has 4 rings (SSSR count). The molecule has 6 N–H and O–H groups in total. The molecule has 0 aromatic heterocycles. The number of rotatable bonds is 7. The van der Waals surface area contributed by atoms with E-state index in [9.17, 15) is 44.4 Å². The molecule has 222 valence electrons. The van der Waals surface area contributed by atoms with Crippen LogP contribution in [0.15, 0.2) is 44.3 Å². The predicted octanol–water partition coefficient (Wildman–Crippen LogP) is 2.25. The maximum Gasteiger partial charge on any atom is 0.344 e. The van der Waals surface area contributed by atoms with Gasteiger partial charge in [0.15, 0.2) is 11.4 Å². The Hall–Kier alpha value is -3.98. The molecule has 0 spiro atoms. The summed E-state index contributed by atoms with van der Waals surface area (Å²) in [6, 6.07) is 2.72. The number of benzene rings is 1. The van der Waals surface area contributed by atoms with Gasteiger partial charge in [-0.1, -0.05) is 6.07 Å². The fourth-order valence-corrected chi connectivity index (χ4v) is 6.21. The molecule has 1 saturated carbocycles. The summed E-state index contributed by atoms with van der Waals surface area (Å²) in [4.78, 5) is 63.0. The second-order valence-corrected chi connectivity index (χ2v) is 11.1. The number of primary amides is 1. The van der Waals surface area contributed by atoms with Crippen molar-refractivity contribution in [1.29, 1.82) is 0 Å². The molecular formula is C29H28INO11. The normalized spacial score (nSPS) is 24.1. The third-order valence-electron chi connectivity index (χ3n) is 7.56. The van der Waals surface area contributed by atoms with E-state index in [2.05, 4.69) is 0 Å². The Kier molecular flexibility index (Phi) is 8.64. The van der Waals surface area contributed by atoms with Gasteiger partial charge in [-0.25, -0.2) is 9.59 Å². The van der Waals surface area contributed by atoms with Gasteiger partial charge in [0.25, 0.3) is 5.91 Å². The molecule has 0 unspecified atom stereocenters. The molecule has 3 aliphatic rings. The molecule has 42 heavy (non-hydrogen) atoms. The van der Waals surface area contributed by atoms with Crippen LogP contribution < -0.4 is 5.73 Å². The first-order valence-electron chi connectivity index (χ1n) is 13.0. The van der Waals surface area contributed by atoms with E-state index in [1.165, 1.54) is 24.3 Å². The van der Waals surface area contributed by atoms with Gasteiger partial charge in [-0.05, 0) is 84.5 Å². The largest absolute Gasteiger partial charge is 0.508 e. The summed E-state index contributed by atoms with van der Waals surface area (Å²) < 4.78 is 10.2. The van der Waals surface area contributed by atoms with Crippen molar-refractivity contribution in [2.45, 2.75) is 38.7 Å². The Labute approximate surface area is 253 Å². The number of carbonyl (C=O) groups is 5. The zero-order valence-electron chi connectivity index (χ0n) is 22.6. The first-order valence-corrected chi connectivity index (χ1v) is 14.1. The van der Waals surface area contributed by atoms with E-state index in [1.807, 2.05) is 0 Å². The number of aliphatic hydroxyl groups is 3. The molecule has 0 heterocycles. The van der Waals surface area contributed by atoms with Gasteiger partial charge in [0.2, 0.25) is 5.78 Å². The highest BCUT2D eigenvalue weighted by molar-refractivity contribution is 14.1. The number of phenolic OH excluding ortho intramolecular Hbond substituents is 1. The van der Waals surface area contributed by atoms with E-state index in [0.29, 0.717) is 11.1 Å². The van der Waals surface area contributed by atoms with Crippen molar-refractivity contribution < 1.29 is 53.9 Å². The second kappa shape index (κ2) is 11.7. The molecule has 0 bridgehead atoms. The number of ketones is 2. The van der Waals surface area contributed by atoms with Gasteiger partial charge in [-0.3, -0.25) is 14.4 Å². The van der Waals surface area contributed by atoms with Crippen molar-refractivity contribution in [3.05, 3.63) is 61.0 Å². The predicted molar refractivity (Wildman–Crippen MR) is 155 cm³/mol. The summed E-state index contributed by atoms with van der Waals surface area (Å²) in [5, 5.41) is 44.1. The molecule has 1 amide bonds. The summed E-state index contributed by atoms with van der Waals surface area (Å²) in [6.45, 7) is 3.41. The van der Waals surface area contributed by atoms with E-state index >= 15 is 0 Å². The lowest BCUT2D eigenvalue weighted by molar-refractivity contribution is -0.147. The van der Waals surface area contributed by atoms with Crippen LogP contribution in [0.3, 0.4) is 0 Å². The lowest BCUT2D eigenvalue weighted by Gasteiger charge is -2.46. The highest BCUT2D eigenvalue weighted by Crippen LogP contribution is 2.52. The Morgan fingerprint density at radius 3 is 2.33 bits per heavy atom. The van der Waals surface area contributed by atoms with Gasteiger partial charge in [0.1, 0.15) is 22.8 Å². The van der Waals surface area contributed by atoms with Crippen LogP contribution in [-0.2, 0) is 39.9 Å². The number of aromatic hydroxyl groups is 1. The molecule has 1 aromatic carbocycles. The quantitative estimate of drug-likeness (QED) is 0.0919. The van der Waals surface area contributed by atoms with E-state index in [4.69, 9.17) is 15.2 Å². The van der Waals surface area contributed by atoms with Crippen LogP contribution in [0.25, 0.3) is 11.8 Å². The Morgan fingerprint density at radius 2 is 1.71 bits per heavy atom. The van der Waals surface area contributed by atoms with Gasteiger partial charge in [-0.2, -0.15) is 0 Å². The van der Waals surface area contributed by atoms with Gasteiger partial charge in [0.05, 0.1) is 27.9 Å². The molecule has 1 fully saturated rings. The van der Waals surface area contributed by atoms with Crippen molar-refractivity contribution in [3.63, 3.8) is 0 Å². The summed E-state index contributed by atoms with van der Waals surface area (Å²) >= 11 is 1.73. The molecule has 12 nitrogen and oxygen atoms in total. The number of carbonyl (C=O) groups excluding carboxylic acids is 5. The second-order valence-electron chi connectivity index (χ2n) is 9.97. The lowest BCUT2D eigenvalue weighted by Crippen LogP contribution is -2.58. The van der Waals surface area contributed by atoms with Gasteiger partial charge in [-0.15, -0.1) is 0 Å². The Balaban J connectivity index is 1.88. The molecule has 0 saturated heterocycles. The number of hydrogen-bond acceptors (Lipinski definition) is 11. The van der Waals surface area contributed by atoms with Crippen LogP contribution in [0.2, 0.25) is 0 Å². The average Bonchev–Trinajstić information content (AvgIpc) is 2.91. The van der Waals surface area contributed by atoms with Crippen LogP contribution in [0.4, 0.5) is 0 Å². The minimum Gasteiger partial charge on any atom is -0.508 e. The van der Waals surface area contributed by atoms with Crippen LogP contribution in [0.1, 0.15) is 43.4 Å². The number of amides is 1. The average molecular weight is 693 g/mol. The number of fused-ring (bicyclic) bond motifs is 3. The molecule has 3 aliphatic carbocycles. The zero-order valence-corrected chi connectivity index (χ0v) is 24.8. The topological polar surface area (TPSA) is 211 Å². The third kappa shape index (κ3) is 5.11. The van der Waals surface area contributed by atoms with E-state index < -0.39 is 76.1 Å². The molecule has 0 radical (unpaired) electrons. The van der Waals surface area contributed by atoms with Gasteiger partial charge >= 0.3 is 11.9 Å². The summed E-state index contributed by atoms with van der Waals surface area (Å²) in [5.41, 5.74) is 1.92. The van der Waals surface area contributed by atoms with Crippen molar-refractivity contribution in [2.75, 3.05) is 13.2 Å². The van der Waals surface area contributed by atoms with Gasteiger partial charge < -0.3 is 35.6 Å². The standard InChI is InChI=1S/C29H28INO11/c1-3-41-27(38)14(10-17(30)28(39)42-4-2)7-12-5-6-18(32)21-16(12)9-13-8-15-11-19(33)22(26(31)37)25(36)29(15,40)24(35)20(13)23(21)34/h5-7,10,13,15,32,34,36,40H,3-4,8-9,11H2,1-2H3,(H2,31,37)/b14-7-,17-10-/t13-,15+,29+/m1/s1. The minimum absolute atomic E-state index is 0.0301. The van der Waals surface area contributed by atoms with Crippen LogP contribution in [-0.4, -0.2) is 68.7 Å². The number of hydrogen-bond donors (Lipinski definition) is 5. The van der Waals surface area contributed by atoms with Crippen molar-refractivity contribution in [2.24, 2.45) is 17.6 Å². The fourth-order valence-electron chi connectivity index (χ4n) is 5.72. The van der Waals surface area contributed by atoms with E-state index in [-0.39, 0.29) is 46.3 Å². The molecular weight excluding hydrogens is 665 g/mol. The number of Topliss-reactive ketones (excluding diaryl/α,β-unsaturated/α-hetero) is 2. The van der Waals surface area contributed by atoms with Crippen LogP contribution in [0.5, 0.6) is 5.75 Å². The molecule has 13 heteroatoms. The lowest BCUT2D eigenvalue weighted by atomic mass is 9.59.